The average molecular weight is 396 g/mol. The summed E-state index contributed by atoms with van der Waals surface area (Å²) >= 11 is 0. The summed E-state index contributed by atoms with van der Waals surface area (Å²) in [5.74, 6) is 7.34. The number of aromatic nitrogens is 2. The molecule has 29 heavy (non-hydrogen) atoms. The minimum Gasteiger partial charge on any atom is -0.372 e. The van der Waals surface area contributed by atoms with Crippen molar-refractivity contribution in [3.8, 4) is 11.8 Å². The summed E-state index contributed by atoms with van der Waals surface area (Å²) in [5.41, 5.74) is 1.40. The van der Waals surface area contributed by atoms with Gasteiger partial charge in [-0.1, -0.05) is 11.8 Å². The zero-order chi connectivity index (χ0) is 20.8. The lowest BCUT2D eigenvalue weighted by molar-refractivity contribution is -0.124. The number of rotatable bonds is 6. The highest BCUT2D eigenvalue weighted by molar-refractivity contribution is 5.81. The van der Waals surface area contributed by atoms with Crippen LogP contribution in [0.1, 0.15) is 25.3 Å². The van der Waals surface area contributed by atoms with Crippen molar-refractivity contribution in [2.75, 3.05) is 24.7 Å². The Balaban J connectivity index is 1.58. The highest BCUT2D eigenvalue weighted by Crippen LogP contribution is 2.27. The lowest BCUT2D eigenvalue weighted by atomic mass is 9.80. The Morgan fingerprint density at radius 1 is 1.24 bits per heavy atom. The fraction of sp³-hybridized carbons (Fsp3) is 0.381. The predicted octanol–water partition coefficient (Wildman–Crippen LogP) is 2.26. The van der Waals surface area contributed by atoms with Gasteiger partial charge in [0.05, 0.1) is 17.8 Å². The van der Waals surface area contributed by atoms with Crippen LogP contribution in [0.3, 0.4) is 0 Å². The summed E-state index contributed by atoms with van der Waals surface area (Å²) in [6.45, 7) is 1.83. The van der Waals surface area contributed by atoms with E-state index in [9.17, 15) is 9.18 Å². The van der Waals surface area contributed by atoms with Crippen molar-refractivity contribution in [1.82, 2.24) is 20.6 Å². The molecule has 0 spiro atoms. The zero-order valence-corrected chi connectivity index (χ0v) is 16.7. The number of hydrogen-bond acceptors (Lipinski definition) is 6. The number of likely N-dealkylation sites (N-methyl/N-ethyl adjacent to an activating group) is 1. The lowest BCUT2D eigenvalue weighted by Crippen LogP contribution is -2.49. The Hall–Kier alpha value is -3.18. The fourth-order valence-corrected chi connectivity index (χ4v) is 2.88. The van der Waals surface area contributed by atoms with Gasteiger partial charge >= 0.3 is 0 Å². The van der Waals surface area contributed by atoms with E-state index in [1.165, 1.54) is 12.1 Å². The molecule has 1 saturated carbocycles. The number of halogens is 1. The maximum Gasteiger partial charge on any atom is 0.237 e. The first-order chi connectivity index (χ1) is 14.0. The third-order valence-corrected chi connectivity index (χ3v) is 4.85. The molecule has 152 valence electrons. The molecule has 2 aromatic rings. The van der Waals surface area contributed by atoms with Gasteiger partial charge < -0.3 is 21.3 Å². The van der Waals surface area contributed by atoms with Gasteiger partial charge in [-0.2, -0.15) is 4.98 Å². The molecule has 1 fully saturated rings. The second-order valence-corrected chi connectivity index (χ2v) is 6.99. The molecule has 1 atom stereocenters. The Bertz CT molecular complexity index is 915. The molecule has 4 N–H and O–H groups in total. The smallest absolute Gasteiger partial charge is 0.237 e. The number of nitrogens with zero attached hydrogens (tertiary/aromatic N) is 2. The van der Waals surface area contributed by atoms with Crippen LogP contribution in [0, 0.1) is 23.6 Å². The molecule has 1 aliphatic carbocycles. The van der Waals surface area contributed by atoms with Gasteiger partial charge in [0.2, 0.25) is 11.9 Å². The van der Waals surface area contributed by atoms with Crippen molar-refractivity contribution < 1.29 is 9.18 Å². The molecule has 7 nitrogen and oxygen atoms in total. The molecule has 0 radical (unpaired) electrons. The molecule has 0 bridgehead atoms. The minimum absolute atomic E-state index is 0.0130. The summed E-state index contributed by atoms with van der Waals surface area (Å²) in [6, 6.07) is 5.96. The van der Waals surface area contributed by atoms with Gasteiger partial charge in [-0.3, -0.25) is 4.79 Å². The number of benzene rings is 1. The van der Waals surface area contributed by atoms with E-state index in [4.69, 9.17) is 0 Å². The second kappa shape index (κ2) is 9.34. The number of amides is 1. The third kappa shape index (κ3) is 5.42. The molecule has 3 rings (SSSR count). The van der Waals surface area contributed by atoms with Crippen molar-refractivity contribution >= 4 is 23.4 Å². The van der Waals surface area contributed by atoms with Gasteiger partial charge in [-0.15, -0.1) is 0 Å². The highest BCUT2D eigenvalue weighted by atomic mass is 19.1. The monoisotopic (exact) mass is 396 g/mol. The van der Waals surface area contributed by atoms with Gasteiger partial charge in [0.1, 0.15) is 11.6 Å². The lowest BCUT2D eigenvalue weighted by Gasteiger charge is -2.33. The van der Waals surface area contributed by atoms with Crippen molar-refractivity contribution in [1.29, 1.82) is 0 Å². The van der Waals surface area contributed by atoms with E-state index >= 15 is 0 Å². The first kappa shape index (κ1) is 20.6. The summed E-state index contributed by atoms with van der Waals surface area (Å²) in [7, 11) is 3.54. The van der Waals surface area contributed by atoms with E-state index < -0.39 is 0 Å². The van der Waals surface area contributed by atoms with E-state index in [2.05, 4.69) is 43.1 Å². The van der Waals surface area contributed by atoms with E-state index in [1.807, 2.05) is 6.92 Å². The minimum atomic E-state index is -0.299. The highest BCUT2D eigenvalue weighted by Gasteiger charge is 2.29. The van der Waals surface area contributed by atoms with Crippen LogP contribution in [0.2, 0.25) is 0 Å². The molecule has 1 aromatic heterocycles. The molecule has 0 aliphatic heterocycles. The fourth-order valence-electron chi connectivity index (χ4n) is 2.88. The molecule has 1 aromatic carbocycles. The van der Waals surface area contributed by atoms with Crippen LogP contribution >= 0.6 is 0 Å². The number of anilines is 3. The summed E-state index contributed by atoms with van der Waals surface area (Å²) < 4.78 is 13.0. The first-order valence-corrected chi connectivity index (χ1v) is 9.55. The average Bonchev–Trinajstić information content (AvgIpc) is 2.70. The van der Waals surface area contributed by atoms with Gasteiger partial charge in [0.15, 0.2) is 0 Å². The SMILES string of the molecule is CNc1nc(Nc2ccc(F)cc2)ncc1C#C[C@H]1C[C@@H](NC(=O)[C@H](C)NC)C1. The van der Waals surface area contributed by atoms with Crippen LogP contribution in [-0.2, 0) is 4.79 Å². The first-order valence-electron chi connectivity index (χ1n) is 9.55. The van der Waals surface area contributed by atoms with Crippen LogP contribution in [0.5, 0.6) is 0 Å². The normalized spacial score (nSPS) is 18.6. The van der Waals surface area contributed by atoms with Crippen LogP contribution in [0.15, 0.2) is 30.5 Å². The summed E-state index contributed by atoms with van der Waals surface area (Å²) in [4.78, 5) is 20.6. The van der Waals surface area contributed by atoms with Crippen molar-refractivity contribution in [2.24, 2.45) is 5.92 Å². The Kier molecular flexibility index (Phi) is 6.62. The third-order valence-electron chi connectivity index (χ3n) is 4.85. The molecular weight excluding hydrogens is 371 g/mol. The molecule has 1 aliphatic rings. The molecule has 1 amide bonds. The largest absolute Gasteiger partial charge is 0.372 e. The van der Waals surface area contributed by atoms with Crippen LogP contribution in [-0.4, -0.2) is 42.1 Å². The standard InChI is InChI=1S/C21H25FN6O/c1-13(23-2)20(29)26-18-10-14(11-18)4-5-15-12-25-21(28-19(15)24-3)27-17-8-6-16(22)7-9-17/h6-9,12-14,18,23H,10-11H2,1-3H3,(H,26,29)(H2,24,25,27,28)/t13-,14-,18+/m0/s1. The molecule has 0 saturated heterocycles. The predicted molar refractivity (Wildman–Crippen MR) is 111 cm³/mol. The van der Waals surface area contributed by atoms with E-state index in [1.54, 1.807) is 32.4 Å². The zero-order valence-electron chi connectivity index (χ0n) is 16.7. The van der Waals surface area contributed by atoms with Crippen LogP contribution in [0.4, 0.5) is 21.8 Å². The van der Waals surface area contributed by atoms with Crippen molar-refractivity contribution in [3.63, 3.8) is 0 Å². The Morgan fingerprint density at radius 2 is 1.97 bits per heavy atom. The molecular formula is C21H25FN6O. The van der Waals surface area contributed by atoms with Crippen molar-refractivity contribution in [2.45, 2.75) is 31.8 Å². The van der Waals surface area contributed by atoms with Crippen molar-refractivity contribution in [3.05, 3.63) is 41.8 Å². The topological polar surface area (TPSA) is 91.0 Å². The number of nitrogens with one attached hydrogen (secondary N) is 4. The molecule has 8 heteroatoms. The van der Waals surface area contributed by atoms with Crippen LogP contribution < -0.4 is 21.3 Å². The quantitative estimate of drug-likeness (QED) is 0.560. The second-order valence-electron chi connectivity index (χ2n) is 6.99. The van der Waals surface area contributed by atoms with Gasteiger partial charge in [-0.05, 0) is 51.1 Å². The Morgan fingerprint density at radius 3 is 2.62 bits per heavy atom. The Labute approximate surface area is 169 Å². The van der Waals surface area contributed by atoms with Gasteiger partial charge in [0, 0.05) is 24.7 Å². The van der Waals surface area contributed by atoms with E-state index in [0.29, 0.717) is 23.0 Å². The summed E-state index contributed by atoms with van der Waals surface area (Å²) in [5, 5.41) is 12.0. The number of carbonyl (C=O) groups is 1. The van der Waals surface area contributed by atoms with Gasteiger partial charge in [0.25, 0.3) is 0 Å². The van der Waals surface area contributed by atoms with E-state index in [0.717, 1.165) is 12.8 Å². The maximum absolute atomic E-state index is 13.0. The van der Waals surface area contributed by atoms with E-state index in [-0.39, 0.29) is 29.7 Å². The molecule has 1 heterocycles. The van der Waals surface area contributed by atoms with Gasteiger partial charge in [-0.25, -0.2) is 9.37 Å². The number of carbonyl (C=O) groups excluding carboxylic acids is 1. The maximum atomic E-state index is 13.0. The van der Waals surface area contributed by atoms with Crippen LogP contribution in [0.25, 0.3) is 0 Å². The number of hydrogen-bond donors (Lipinski definition) is 4. The summed E-state index contributed by atoms with van der Waals surface area (Å²) in [6.07, 6.45) is 3.34. The molecule has 0 unspecified atom stereocenters.